The molecule has 2 aromatic rings. The second-order valence-electron chi connectivity index (χ2n) is 7.54. The van der Waals surface area contributed by atoms with Crippen LogP contribution in [0, 0.1) is 5.82 Å². The average Bonchev–Trinajstić information content (AvgIpc) is 2.62. The number of nitrogens with one attached hydrogen (secondary N) is 1. The molecule has 0 unspecified atom stereocenters. The largest absolute Gasteiger partial charge is 0.485 e. The van der Waals surface area contributed by atoms with Crippen LogP contribution in [0.4, 0.5) is 4.39 Å². The summed E-state index contributed by atoms with van der Waals surface area (Å²) in [5, 5.41) is 14.3. The summed E-state index contributed by atoms with van der Waals surface area (Å²) in [5.74, 6) is 0.635. The molecule has 1 aliphatic heterocycles. The van der Waals surface area contributed by atoms with E-state index in [0.29, 0.717) is 0 Å². The normalized spacial score (nSPS) is 21.1. The molecule has 2 atom stereocenters. The molecule has 1 heterocycles. The summed E-state index contributed by atoms with van der Waals surface area (Å²) in [6, 6.07) is 12.7. The maximum absolute atomic E-state index is 13.0. The van der Waals surface area contributed by atoms with Crippen molar-refractivity contribution >= 4 is 0 Å². The zero-order valence-electron chi connectivity index (χ0n) is 15.8. The molecule has 0 amide bonds. The average molecular weight is 357 g/mol. The van der Waals surface area contributed by atoms with Crippen molar-refractivity contribution in [2.45, 2.75) is 57.8 Å². The standard InChI is InChI=1S/C22H28FNO2/c1-4-15-9-12-19-18(14-15)20(21(25)22(2,3)26-19)24-13-5-6-16-7-10-17(23)11-8-16/h7-12,14,20-21,24-25H,4-6,13H2,1-3H3/t20-,21+/m1/s1. The van der Waals surface area contributed by atoms with Crippen molar-refractivity contribution in [2.24, 2.45) is 0 Å². The third-order valence-electron chi connectivity index (χ3n) is 5.14. The lowest BCUT2D eigenvalue weighted by Crippen LogP contribution is -2.52. The summed E-state index contributed by atoms with van der Waals surface area (Å²) >= 11 is 0. The minimum Gasteiger partial charge on any atom is -0.485 e. The van der Waals surface area contributed by atoms with Crippen LogP contribution in [-0.2, 0) is 12.8 Å². The number of aliphatic hydroxyl groups excluding tert-OH is 1. The van der Waals surface area contributed by atoms with Gasteiger partial charge in [-0.2, -0.15) is 0 Å². The molecule has 0 saturated carbocycles. The van der Waals surface area contributed by atoms with Crippen molar-refractivity contribution in [1.29, 1.82) is 0 Å². The Balaban J connectivity index is 1.68. The lowest BCUT2D eigenvalue weighted by atomic mass is 9.85. The second kappa shape index (κ2) is 7.77. The van der Waals surface area contributed by atoms with E-state index in [-0.39, 0.29) is 11.9 Å². The summed E-state index contributed by atoms with van der Waals surface area (Å²) in [6.45, 7) is 6.73. The molecule has 3 nitrogen and oxygen atoms in total. The summed E-state index contributed by atoms with van der Waals surface area (Å²) in [5.41, 5.74) is 2.74. The molecule has 4 heteroatoms. The lowest BCUT2D eigenvalue weighted by molar-refractivity contribution is -0.0645. The molecule has 0 aromatic heterocycles. The second-order valence-corrected chi connectivity index (χ2v) is 7.54. The molecule has 0 aliphatic carbocycles. The number of rotatable bonds is 6. The van der Waals surface area contributed by atoms with Gasteiger partial charge in [-0.25, -0.2) is 4.39 Å². The molecule has 2 N–H and O–H groups in total. The van der Waals surface area contributed by atoms with Gasteiger partial charge in [0.05, 0.1) is 6.04 Å². The molecule has 1 aliphatic rings. The predicted octanol–water partition coefficient (Wildman–Crippen LogP) is 4.18. The van der Waals surface area contributed by atoms with E-state index in [4.69, 9.17) is 4.74 Å². The first-order valence-corrected chi connectivity index (χ1v) is 9.38. The van der Waals surface area contributed by atoms with E-state index in [1.165, 1.54) is 17.7 Å². The molecule has 0 spiro atoms. The van der Waals surface area contributed by atoms with Crippen molar-refractivity contribution in [3.8, 4) is 5.75 Å². The summed E-state index contributed by atoms with van der Waals surface area (Å²) in [4.78, 5) is 0. The first-order valence-electron chi connectivity index (χ1n) is 9.38. The van der Waals surface area contributed by atoms with E-state index in [9.17, 15) is 9.50 Å². The molecule has 2 aromatic carbocycles. The Morgan fingerprint density at radius 1 is 1.12 bits per heavy atom. The number of aliphatic hydroxyl groups is 1. The number of ether oxygens (including phenoxy) is 1. The summed E-state index contributed by atoms with van der Waals surface area (Å²) in [7, 11) is 0. The van der Waals surface area contributed by atoms with Crippen LogP contribution in [-0.4, -0.2) is 23.4 Å². The highest BCUT2D eigenvalue weighted by Gasteiger charge is 2.42. The molecule has 26 heavy (non-hydrogen) atoms. The van der Waals surface area contributed by atoms with Crippen LogP contribution in [0.15, 0.2) is 42.5 Å². The van der Waals surface area contributed by atoms with Crippen LogP contribution in [0.3, 0.4) is 0 Å². The zero-order chi connectivity index (χ0) is 18.7. The Kier molecular flexibility index (Phi) is 5.64. The fourth-order valence-corrected chi connectivity index (χ4v) is 3.49. The molecule has 0 bridgehead atoms. The van der Waals surface area contributed by atoms with Crippen LogP contribution >= 0.6 is 0 Å². The number of halogens is 1. The first kappa shape index (κ1) is 18.9. The smallest absolute Gasteiger partial charge is 0.131 e. The van der Waals surface area contributed by atoms with Gasteiger partial charge in [-0.05, 0) is 69.0 Å². The van der Waals surface area contributed by atoms with E-state index in [2.05, 4.69) is 24.4 Å². The van der Waals surface area contributed by atoms with E-state index >= 15 is 0 Å². The quantitative estimate of drug-likeness (QED) is 0.762. The fraction of sp³-hybridized carbons (Fsp3) is 0.455. The Hall–Kier alpha value is -1.91. The number of hydrogen-bond acceptors (Lipinski definition) is 3. The third-order valence-corrected chi connectivity index (χ3v) is 5.14. The molecule has 140 valence electrons. The van der Waals surface area contributed by atoms with Gasteiger partial charge >= 0.3 is 0 Å². The Morgan fingerprint density at radius 3 is 2.50 bits per heavy atom. The Bertz CT molecular complexity index is 742. The maximum atomic E-state index is 13.0. The van der Waals surface area contributed by atoms with Crippen molar-refractivity contribution in [2.75, 3.05) is 6.54 Å². The highest BCUT2D eigenvalue weighted by Crippen LogP contribution is 2.40. The van der Waals surface area contributed by atoms with Crippen molar-refractivity contribution in [1.82, 2.24) is 5.32 Å². The van der Waals surface area contributed by atoms with Gasteiger partial charge in [-0.1, -0.05) is 31.2 Å². The summed E-state index contributed by atoms with van der Waals surface area (Å²) < 4.78 is 19.0. The Labute approximate surface area is 155 Å². The van der Waals surface area contributed by atoms with Gasteiger partial charge in [-0.15, -0.1) is 0 Å². The van der Waals surface area contributed by atoms with Gasteiger partial charge in [0.25, 0.3) is 0 Å². The lowest BCUT2D eigenvalue weighted by Gasteiger charge is -2.42. The molecule has 0 radical (unpaired) electrons. The highest BCUT2D eigenvalue weighted by atomic mass is 19.1. The highest BCUT2D eigenvalue weighted by molar-refractivity contribution is 5.43. The topological polar surface area (TPSA) is 41.5 Å². The third kappa shape index (κ3) is 4.08. The minimum absolute atomic E-state index is 0.159. The molecule has 0 fully saturated rings. The van der Waals surface area contributed by atoms with Crippen LogP contribution in [0.1, 0.15) is 49.9 Å². The maximum Gasteiger partial charge on any atom is 0.131 e. The van der Waals surface area contributed by atoms with E-state index in [1.54, 1.807) is 0 Å². The van der Waals surface area contributed by atoms with Gasteiger partial charge in [0.1, 0.15) is 23.3 Å². The van der Waals surface area contributed by atoms with E-state index in [0.717, 1.165) is 42.7 Å². The zero-order valence-corrected chi connectivity index (χ0v) is 15.8. The van der Waals surface area contributed by atoms with Gasteiger partial charge in [0.2, 0.25) is 0 Å². The SMILES string of the molecule is CCc1ccc2c(c1)[C@@H](NCCCc1ccc(F)cc1)[C@H](O)C(C)(C)O2. The molecular formula is C22H28FNO2. The number of aryl methyl sites for hydroxylation is 2. The van der Waals surface area contributed by atoms with Crippen LogP contribution in [0.25, 0.3) is 0 Å². The summed E-state index contributed by atoms with van der Waals surface area (Å²) in [6.07, 6.45) is 2.11. The van der Waals surface area contributed by atoms with Gasteiger partial charge in [-0.3, -0.25) is 0 Å². The monoisotopic (exact) mass is 357 g/mol. The van der Waals surface area contributed by atoms with Crippen molar-refractivity contribution in [3.63, 3.8) is 0 Å². The minimum atomic E-state index is -0.643. The van der Waals surface area contributed by atoms with Crippen LogP contribution in [0.5, 0.6) is 5.75 Å². The molecule has 0 saturated heterocycles. The van der Waals surface area contributed by atoms with Gasteiger partial charge in [0.15, 0.2) is 0 Å². The number of fused-ring (bicyclic) bond motifs is 1. The van der Waals surface area contributed by atoms with Crippen LogP contribution in [0.2, 0.25) is 0 Å². The van der Waals surface area contributed by atoms with Gasteiger partial charge < -0.3 is 15.2 Å². The first-order chi connectivity index (χ1) is 12.4. The van der Waals surface area contributed by atoms with E-state index < -0.39 is 11.7 Å². The van der Waals surface area contributed by atoms with Gasteiger partial charge in [0, 0.05) is 5.56 Å². The number of hydrogen-bond donors (Lipinski definition) is 2. The fourth-order valence-electron chi connectivity index (χ4n) is 3.49. The number of benzene rings is 2. The van der Waals surface area contributed by atoms with Crippen molar-refractivity contribution in [3.05, 3.63) is 65.0 Å². The van der Waals surface area contributed by atoms with Crippen molar-refractivity contribution < 1.29 is 14.2 Å². The molecule has 3 rings (SSSR count). The molecular weight excluding hydrogens is 329 g/mol. The predicted molar refractivity (Wildman–Crippen MR) is 102 cm³/mol. The Morgan fingerprint density at radius 2 is 1.81 bits per heavy atom. The van der Waals surface area contributed by atoms with Crippen LogP contribution < -0.4 is 10.1 Å². The van der Waals surface area contributed by atoms with E-state index in [1.807, 2.05) is 32.0 Å².